The molecule has 0 atom stereocenters. The lowest BCUT2D eigenvalue weighted by Crippen LogP contribution is -2.16. The third kappa shape index (κ3) is 6.38. The second kappa shape index (κ2) is 10.7. The highest BCUT2D eigenvalue weighted by Gasteiger charge is 2.11. The van der Waals surface area contributed by atoms with E-state index < -0.39 is 5.91 Å². The lowest BCUT2D eigenvalue weighted by molar-refractivity contribution is 0.0994. The van der Waals surface area contributed by atoms with Crippen molar-refractivity contribution in [2.24, 2.45) is 5.73 Å². The Morgan fingerprint density at radius 3 is 2.35 bits per heavy atom. The number of hydrogen-bond donors (Lipinski definition) is 1. The second-order valence-electron chi connectivity index (χ2n) is 5.19. The Bertz CT molecular complexity index is 407. The van der Waals surface area contributed by atoms with Crippen molar-refractivity contribution in [2.45, 2.75) is 65.2 Å². The van der Waals surface area contributed by atoms with E-state index in [1.165, 1.54) is 38.5 Å². The van der Waals surface area contributed by atoms with Crippen LogP contribution in [0.2, 0.25) is 0 Å². The Morgan fingerprint density at radius 1 is 1.15 bits per heavy atom. The number of halogens is 1. The minimum atomic E-state index is -0.415. The number of amides is 1. The van der Waals surface area contributed by atoms with Crippen molar-refractivity contribution in [3.63, 3.8) is 0 Å². The Balaban J connectivity index is 0.00000361. The van der Waals surface area contributed by atoms with Gasteiger partial charge in [0.25, 0.3) is 5.91 Å². The monoisotopic (exact) mass is 298 g/mol. The highest BCUT2D eigenvalue weighted by Crippen LogP contribution is 2.16. The van der Waals surface area contributed by atoms with Crippen LogP contribution in [0.4, 0.5) is 0 Å². The van der Waals surface area contributed by atoms with E-state index >= 15 is 0 Å². The summed E-state index contributed by atoms with van der Waals surface area (Å²) in [5, 5.41) is 0. The van der Waals surface area contributed by atoms with Crippen LogP contribution in [0.15, 0.2) is 12.3 Å². The predicted octanol–water partition coefficient (Wildman–Crippen LogP) is 4.20. The molecular formula is C16H27ClN2O. The number of aromatic nitrogens is 1. The maximum Gasteiger partial charge on any atom is 0.267 e. The SMILES string of the molecule is CCCCCCCCCc1c(C)ccnc1C(N)=O.Cl. The van der Waals surface area contributed by atoms with Gasteiger partial charge in [0.2, 0.25) is 0 Å². The van der Waals surface area contributed by atoms with E-state index in [0.29, 0.717) is 5.69 Å². The van der Waals surface area contributed by atoms with Crippen LogP contribution >= 0.6 is 12.4 Å². The summed E-state index contributed by atoms with van der Waals surface area (Å²) in [6, 6.07) is 1.95. The number of primary amides is 1. The molecule has 4 heteroatoms. The average Bonchev–Trinajstić information content (AvgIpc) is 2.39. The van der Waals surface area contributed by atoms with E-state index in [1.807, 2.05) is 13.0 Å². The van der Waals surface area contributed by atoms with Gasteiger partial charge >= 0.3 is 0 Å². The van der Waals surface area contributed by atoms with Crippen LogP contribution in [-0.4, -0.2) is 10.9 Å². The number of rotatable bonds is 9. The Labute approximate surface area is 128 Å². The molecule has 1 aromatic heterocycles. The van der Waals surface area contributed by atoms with E-state index in [4.69, 9.17) is 5.73 Å². The van der Waals surface area contributed by atoms with Crippen molar-refractivity contribution in [3.05, 3.63) is 29.1 Å². The zero-order chi connectivity index (χ0) is 14.1. The molecule has 0 fully saturated rings. The summed E-state index contributed by atoms with van der Waals surface area (Å²) in [7, 11) is 0. The van der Waals surface area contributed by atoms with Gasteiger partial charge in [-0.2, -0.15) is 0 Å². The van der Waals surface area contributed by atoms with E-state index in [0.717, 1.165) is 24.0 Å². The fraction of sp³-hybridized carbons (Fsp3) is 0.625. The fourth-order valence-corrected chi connectivity index (χ4v) is 2.38. The number of aryl methyl sites for hydroxylation is 1. The Hall–Kier alpha value is -1.09. The maximum absolute atomic E-state index is 11.3. The quantitative estimate of drug-likeness (QED) is 0.694. The maximum atomic E-state index is 11.3. The van der Waals surface area contributed by atoms with Gasteiger partial charge < -0.3 is 5.73 Å². The van der Waals surface area contributed by atoms with Crippen LogP contribution in [0.3, 0.4) is 0 Å². The molecule has 1 heterocycles. The molecule has 0 spiro atoms. The van der Waals surface area contributed by atoms with Gasteiger partial charge in [-0.05, 0) is 37.0 Å². The topological polar surface area (TPSA) is 56.0 Å². The summed E-state index contributed by atoms with van der Waals surface area (Å²) in [5.74, 6) is -0.415. The normalized spacial score (nSPS) is 10.1. The molecule has 0 aromatic carbocycles. The number of carbonyl (C=O) groups is 1. The lowest BCUT2D eigenvalue weighted by atomic mass is 9.99. The number of unbranched alkanes of at least 4 members (excludes halogenated alkanes) is 6. The molecule has 2 N–H and O–H groups in total. The molecule has 0 aliphatic heterocycles. The number of nitrogens with zero attached hydrogens (tertiary/aromatic N) is 1. The first-order valence-corrected chi connectivity index (χ1v) is 7.41. The zero-order valence-corrected chi connectivity index (χ0v) is 13.5. The molecule has 0 bridgehead atoms. The van der Waals surface area contributed by atoms with Crippen molar-refractivity contribution in [1.82, 2.24) is 4.98 Å². The summed E-state index contributed by atoms with van der Waals surface area (Å²) in [6.07, 6.45) is 11.5. The predicted molar refractivity (Wildman–Crippen MR) is 86.4 cm³/mol. The van der Waals surface area contributed by atoms with Gasteiger partial charge in [0.15, 0.2) is 0 Å². The van der Waals surface area contributed by atoms with E-state index in [1.54, 1.807) is 6.20 Å². The smallest absolute Gasteiger partial charge is 0.267 e. The van der Waals surface area contributed by atoms with Gasteiger partial charge in [-0.1, -0.05) is 45.4 Å². The first kappa shape index (κ1) is 18.9. The molecule has 20 heavy (non-hydrogen) atoms. The van der Waals surface area contributed by atoms with Crippen molar-refractivity contribution >= 4 is 18.3 Å². The van der Waals surface area contributed by atoms with Crippen molar-refractivity contribution < 1.29 is 4.79 Å². The van der Waals surface area contributed by atoms with Crippen LogP contribution in [-0.2, 0) is 6.42 Å². The van der Waals surface area contributed by atoms with Crippen LogP contribution < -0.4 is 5.73 Å². The molecule has 114 valence electrons. The van der Waals surface area contributed by atoms with Crippen LogP contribution in [0.5, 0.6) is 0 Å². The Kier molecular flexibility index (Phi) is 10.1. The number of carbonyl (C=O) groups excluding carboxylic acids is 1. The standard InChI is InChI=1S/C16H26N2O.ClH/c1-3-4-5-6-7-8-9-10-14-13(2)11-12-18-15(14)16(17)19;/h11-12H,3-10H2,1-2H3,(H2,17,19);1H. The van der Waals surface area contributed by atoms with Gasteiger partial charge in [0, 0.05) is 6.20 Å². The number of hydrogen-bond acceptors (Lipinski definition) is 2. The summed E-state index contributed by atoms with van der Waals surface area (Å²) in [5.41, 5.74) is 7.97. The average molecular weight is 299 g/mol. The van der Waals surface area contributed by atoms with Gasteiger partial charge in [-0.15, -0.1) is 12.4 Å². The zero-order valence-electron chi connectivity index (χ0n) is 12.7. The van der Waals surface area contributed by atoms with Crippen molar-refractivity contribution in [2.75, 3.05) is 0 Å². The van der Waals surface area contributed by atoms with Crippen LogP contribution in [0.25, 0.3) is 0 Å². The van der Waals surface area contributed by atoms with Gasteiger partial charge in [0.05, 0.1) is 0 Å². The summed E-state index contributed by atoms with van der Waals surface area (Å²) in [4.78, 5) is 15.4. The molecule has 0 radical (unpaired) electrons. The minimum Gasteiger partial charge on any atom is -0.364 e. The van der Waals surface area contributed by atoms with Crippen molar-refractivity contribution in [3.8, 4) is 0 Å². The summed E-state index contributed by atoms with van der Waals surface area (Å²) >= 11 is 0. The highest BCUT2D eigenvalue weighted by atomic mass is 35.5. The second-order valence-corrected chi connectivity index (χ2v) is 5.19. The molecule has 1 amide bonds. The Morgan fingerprint density at radius 2 is 1.75 bits per heavy atom. The third-order valence-electron chi connectivity index (χ3n) is 3.55. The largest absolute Gasteiger partial charge is 0.364 e. The molecule has 0 unspecified atom stereocenters. The molecule has 0 saturated heterocycles. The van der Waals surface area contributed by atoms with Crippen LogP contribution in [0, 0.1) is 6.92 Å². The fourth-order valence-electron chi connectivity index (χ4n) is 2.38. The molecular weight excluding hydrogens is 272 g/mol. The minimum absolute atomic E-state index is 0. The van der Waals surface area contributed by atoms with Crippen molar-refractivity contribution in [1.29, 1.82) is 0 Å². The number of pyridine rings is 1. The molecule has 0 aliphatic carbocycles. The van der Waals surface area contributed by atoms with Gasteiger partial charge in [-0.25, -0.2) is 0 Å². The summed E-state index contributed by atoms with van der Waals surface area (Å²) in [6.45, 7) is 4.25. The van der Waals surface area contributed by atoms with Crippen LogP contribution in [0.1, 0.15) is 73.5 Å². The molecule has 1 aromatic rings. The third-order valence-corrected chi connectivity index (χ3v) is 3.55. The molecule has 1 rings (SSSR count). The first-order valence-electron chi connectivity index (χ1n) is 7.41. The first-order chi connectivity index (χ1) is 9.16. The van der Waals surface area contributed by atoms with Gasteiger partial charge in [-0.3, -0.25) is 9.78 Å². The van der Waals surface area contributed by atoms with E-state index in [-0.39, 0.29) is 12.4 Å². The molecule has 0 saturated carbocycles. The van der Waals surface area contributed by atoms with E-state index in [2.05, 4.69) is 11.9 Å². The van der Waals surface area contributed by atoms with Gasteiger partial charge in [0.1, 0.15) is 5.69 Å². The number of nitrogens with two attached hydrogens (primary N) is 1. The molecule has 0 aliphatic rings. The highest BCUT2D eigenvalue weighted by molar-refractivity contribution is 5.92. The summed E-state index contributed by atoms with van der Waals surface area (Å²) < 4.78 is 0. The van der Waals surface area contributed by atoms with E-state index in [9.17, 15) is 4.79 Å². The molecule has 3 nitrogen and oxygen atoms in total. The lowest BCUT2D eigenvalue weighted by Gasteiger charge is -2.09.